The molecule has 2 heterocycles. The van der Waals surface area contributed by atoms with Crippen LogP contribution in [0.4, 0.5) is 5.82 Å². The molecule has 0 radical (unpaired) electrons. The van der Waals surface area contributed by atoms with E-state index in [-0.39, 0.29) is 18.1 Å². The monoisotopic (exact) mass is 278 g/mol. The third kappa shape index (κ3) is 4.18. The summed E-state index contributed by atoms with van der Waals surface area (Å²) in [6.45, 7) is 6.43. The first-order valence-corrected chi connectivity index (χ1v) is 6.97. The molecular weight excluding hydrogens is 256 g/mol. The molecule has 0 aromatic carbocycles. The van der Waals surface area contributed by atoms with Crippen LogP contribution in [0.2, 0.25) is 0 Å². The molecular formula is C14H22N4O2. The minimum atomic E-state index is -0.263. The summed E-state index contributed by atoms with van der Waals surface area (Å²) in [5.41, 5.74) is 0.969. The molecule has 20 heavy (non-hydrogen) atoms. The highest BCUT2D eigenvalue weighted by Crippen LogP contribution is 2.04. The summed E-state index contributed by atoms with van der Waals surface area (Å²) in [5.74, 6) is 0.808. The van der Waals surface area contributed by atoms with E-state index in [4.69, 9.17) is 4.74 Å². The highest BCUT2D eigenvalue weighted by atomic mass is 16.5. The number of aromatic nitrogens is 1. The summed E-state index contributed by atoms with van der Waals surface area (Å²) >= 11 is 0. The van der Waals surface area contributed by atoms with E-state index >= 15 is 0 Å². The number of anilines is 1. The van der Waals surface area contributed by atoms with Crippen LogP contribution in [0.15, 0.2) is 18.2 Å². The number of ether oxygens (including phenoxy) is 1. The fourth-order valence-corrected chi connectivity index (χ4v) is 2.16. The van der Waals surface area contributed by atoms with Crippen LogP contribution in [0.3, 0.4) is 0 Å². The zero-order chi connectivity index (χ0) is 14.4. The van der Waals surface area contributed by atoms with Crippen molar-refractivity contribution in [3.05, 3.63) is 23.9 Å². The second-order valence-electron chi connectivity index (χ2n) is 4.89. The minimum Gasteiger partial charge on any atom is -0.375 e. The molecule has 0 aliphatic carbocycles. The quantitative estimate of drug-likeness (QED) is 0.675. The molecule has 1 fully saturated rings. The molecule has 6 nitrogen and oxygen atoms in total. The van der Waals surface area contributed by atoms with Gasteiger partial charge in [0.05, 0.1) is 12.7 Å². The van der Waals surface area contributed by atoms with Gasteiger partial charge in [0.25, 0.3) is 0 Å². The van der Waals surface area contributed by atoms with Crippen LogP contribution < -0.4 is 16.0 Å². The second kappa shape index (κ2) is 7.21. The van der Waals surface area contributed by atoms with Crippen LogP contribution in [-0.2, 0) is 9.53 Å². The first-order valence-electron chi connectivity index (χ1n) is 6.97. The summed E-state index contributed by atoms with van der Waals surface area (Å²) in [4.78, 5) is 16.3. The van der Waals surface area contributed by atoms with E-state index in [0.717, 1.165) is 11.5 Å². The molecule has 1 saturated heterocycles. The van der Waals surface area contributed by atoms with Crippen molar-refractivity contribution in [1.29, 1.82) is 0 Å². The molecule has 1 aromatic rings. The number of hydrogen-bond donors (Lipinski definition) is 3. The SMILES string of the molecule is Cc1cccc(NCCNC(=O)[C@H]2NCCO[C@@H]2C)n1. The fraction of sp³-hybridized carbons (Fsp3) is 0.571. The van der Waals surface area contributed by atoms with Gasteiger partial charge in [0, 0.05) is 25.3 Å². The molecule has 0 saturated carbocycles. The Balaban J connectivity index is 1.69. The summed E-state index contributed by atoms with van der Waals surface area (Å²) in [7, 11) is 0. The van der Waals surface area contributed by atoms with Gasteiger partial charge < -0.3 is 20.7 Å². The van der Waals surface area contributed by atoms with Gasteiger partial charge in [0.15, 0.2) is 0 Å². The van der Waals surface area contributed by atoms with Crippen LogP contribution in [0, 0.1) is 6.92 Å². The third-order valence-corrected chi connectivity index (χ3v) is 3.22. The largest absolute Gasteiger partial charge is 0.375 e. The van der Waals surface area contributed by atoms with Gasteiger partial charge in [-0.2, -0.15) is 0 Å². The predicted octanol–water partition coefficient (Wildman–Crippen LogP) is 0.295. The number of aryl methyl sites for hydroxylation is 1. The van der Waals surface area contributed by atoms with Gasteiger partial charge in [0.1, 0.15) is 11.9 Å². The maximum absolute atomic E-state index is 12.0. The molecule has 1 aliphatic rings. The predicted molar refractivity (Wildman–Crippen MR) is 77.7 cm³/mol. The lowest BCUT2D eigenvalue weighted by Crippen LogP contribution is -2.55. The van der Waals surface area contributed by atoms with Gasteiger partial charge >= 0.3 is 0 Å². The Morgan fingerprint density at radius 2 is 2.35 bits per heavy atom. The molecule has 1 aliphatic heterocycles. The molecule has 1 aromatic heterocycles. The summed E-state index contributed by atoms with van der Waals surface area (Å²) in [5, 5.41) is 9.24. The minimum absolute atomic E-state index is 0.0174. The number of rotatable bonds is 5. The molecule has 6 heteroatoms. The molecule has 1 amide bonds. The van der Waals surface area contributed by atoms with E-state index in [1.54, 1.807) is 0 Å². The van der Waals surface area contributed by atoms with Crippen LogP contribution in [0.5, 0.6) is 0 Å². The molecule has 110 valence electrons. The summed E-state index contributed by atoms with van der Waals surface area (Å²) < 4.78 is 5.45. The van der Waals surface area contributed by atoms with Gasteiger partial charge in [-0.05, 0) is 26.0 Å². The molecule has 2 atom stereocenters. The average molecular weight is 278 g/mol. The fourth-order valence-electron chi connectivity index (χ4n) is 2.16. The van der Waals surface area contributed by atoms with Crippen molar-refractivity contribution >= 4 is 11.7 Å². The van der Waals surface area contributed by atoms with E-state index in [0.29, 0.717) is 26.2 Å². The zero-order valence-corrected chi connectivity index (χ0v) is 12.0. The van der Waals surface area contributed by atoms with E-state index in [2.05, 4.69) is 20.9 Å². The number of amides is 1. The highest BCUT2D eigenvalue weighted by Gasteiger charge is 2.27. The second-order valence-corrected chi connectivity index (χ2v) is 4.89. The van der Waals surface area contributed by atoms with Crippen LogP contribution >= 0.6 is 0 Å². The van der Waals surface area contributed by atoms with Crippen molar-refractivity contribution in [2.45, 2.75) is 26.0 Å². The number of pyridine rings is 1. The molecule has 0 bridgehead atoms. The molecule has 0 unspecified atom stereocenters. The van der Waals surface area contributed by atoms with Crippen molar-refractivity contribution in [3.8, 4) is 0 Å². The average Bonchev–Trinajstić information content (AvgIpc) is 2.44. The Labute approximate surface area is 119 Å². The number of carbonyl (C=O) groups is 1. The number of carbonyl (C=O) groups excluding carboxylic acids is 1. The molecule has 2 rings (SSSR count). The summed E-state index contributed by atoms with van der Waals surface area (Å²) in [6, 6.07) is 5.55. The number of morpholine rings is 1. The van der Waals surface area contributed by atoms with Gasteiger partial charge in [-0.3, -0.25) is 4.79 Å². The van der Waals surface area contributed by atoms with Crippen molar-refractivity contribution in [1.82, 2.24) is 15.6 Å². The standard InChI is InChI=1S/C14H22N4O2/c1-10-4-3-5-12(18-10)15-6-7-17-14(19)13-11(2)20-9-8-16-13/h3-5,11,13,16H,6-9H2,1-2H3,(H,15,18)(H,17,19)/t11-,13+/m1/s1. The van der Waals surface area contributed by atoms with Crippen LogP contribution in [-0.4, -0.2) is 49.3 Å². The Kier molecular flexibility index (Phi) is 5.31. The lowest BCUT2D eigenvalue weighted by atomic mass is 10.1. The van der Waals surface area contributed by atoms with Gasteiger partial charge in [-0.25, -0.2) is 4.98 Å². The topological polar surface area (TPSA) is 75.3 Å². The van der Waals surface area contributed by atoms with Gasteiger partial charge in [-0.1, -0.05) is 6.07 Å². The Hall–Kier alpha value is -1.66. The van der Waals surface area contributed by atoms with Crippen molar-refractivity contribution < 1.29 is 9.53 Å². The van der Waals surface area contributed by atoms with Gasteiger partial charge in [0.2, 0.25) is 5.91 Å². The highest BCUT2D eigenvalue weighted by molar-refractivity contribution is 5.82. The molecule has 0 spiro atoms. The zero-order valence-electron chi connectivity index (χ0n) is 12.0. The number of hydrogen-bond acceptors (Lipinski definition) is 5. The van der Waals surface area contributed by atoms with E-state index < -0.39 is 0 Å². The third-order valence-electron chi connectivity index (χ3n) is 3.22. The Morgan fingerprint density at radius 1 is 1.50 bits per heavy atom. The number of nitrogens with zero attached hydrogens (tertiary/aromatic N) is 1. The smallest absolute Gasteiger partial charge is 0.239 e. The number of nitrogens with one attached hydrogen (secondary N) is 3. The van der Waals surface area contributed by atoms with Crippen molar-refractivity contribution in [2.75, 3.05) is 31.6 Å². The first-order chi connectivity index (χ1) is 9.66. The van der Waals surface area contributed by atoms with Gasteiger partial charge in [-0.15, -0.1) is 0 Å². The summed E-state index contributed by atoms with van der Waals surface area (Å²) in [6.07, 6.45) is -0.0878. The van der Waals surface area contributed by atoms with E-state index in [1.165, 1.54) is 0 Å². The van der Waals surface area contributed by atoms with Crippen LogP contribution in [0.1, 0.15) is 12.6 Å². The maximum Gasteiger partial charge on any atom is 0.239 e. The first kappa shape index (κ1) is 14.7. The lowest BCUT2D eigenvalue weighted by molar-refractivity contribution is -0.128. The molecule has 3 N–H and O–H groups in total. The van der Waals surface area contributed by atoms with Crippen molar-refractivity contribution in [3.63, 3.8) is 0 Å². The Bertz CT molecular complexity index is 453. The van der Waals surface area contributed by atoms with E-state index in [9.17, 15) is 4.79 Å². The lowest BCUT2D eigenvalue weighted by Gasteiger charge is -2.29. The van der Waals surface area contributed by atoms with E-state index in [1.807, 2.05) is 32.0 Å². The van der Waals surface area contributed by atoms with Crippen LogP contribution in [0.25, 0.3) is 0 Å². The Morgan fingerprint density at radius 3 is 3.10 bits per heavy atom. The normalized spacial score (nSPS) is 22.3. The maximum atomic E-state index is 12.0. The van der Waals surface area contributed by atoms with Crippen molar-refractivity contribution in [2.24, 2.45) is 0 Å².